The van der Waals surface area contributed by atoms with Crippen LogP contribution in [-0.2, 0) is 10.8 Å². The SMILES string of the molecule is CC1(C)CC(C)(C)c2cc3c(cc21)Oc1cccc2c1B3c1sc3ccc(N(c4ccccc4)c4ccccc4)cc3c1O2. The third kappa shape index (κ3) is 3.69. The lowest BCUT2D eigenvalue weighted by Crippen LogP contribution is -2.56. The second kappa shape index (κ2) is 9.03. The molecule has 0 fully saturated rings. The molecule has 214 valence electrons. The van der Waals surface area contributed by atoms with Crippen LogP contribution in [0.2, 0.25) is 0 Å². The highest BCUT2D eigenvalue weighted by atomic mass is 32.1. The number of anilines is 3. The van der Waals surface area contributed by atoms with Gasteiger partial charge in [0.1, 0.15) is 23.0 Å². The number of nitrogens with zero attached hydrogens (tertiary/aromatic N) is 1. The zero-order valence-corrected chi connectivity index (χ0v) is 26.2. The first-order valence-corrected chi connectivity index (χ1v) is 16.2. The summed E-state index contributed by atoms with van der Waals surface area (Å²) in [6.45, 7) is 9.58. The smallest absolute Gasteiger partial charge is 0.273 e. The normalized spacial score (nSPS) is 16.3. The Hall–Kier alpha value is -4.48. The van der Waals surface area contributed by atoms with Crippen LogP contribution in [0.3, 0.4) is 0 Å². The van der Waals surface area contributed by atoms with Crippen LogP contribution in [0.5, 0.6) is 23.0 Å². The molecule has 0 bridgehead atoms. The highest BCUT2D eigenvalue weighted by Gasteiger charge is 2.47. The molecule has 0 N–H and O–H groups in total. The topological polar surface area (TPSA) is 21.7 Å². The Bertz CT molecular complexity index is 2080. The second-order valence-corrected chi connectivity index (χ2v) is 14.8. The molecule has 3 nitrogen and oxygen atoms in total. The molecule has 2 aliphatic heterocycles. The number of fused-ring (bicyclic) bond motifs is 7. The van der Waals surface area contributed by atoms with Crippen LogP contribution in [0.1, 0.15) is 45.2 Å². The van der Waals surface area contributed by atoms with Crippen molar-refractivity contribution in [1.82, 2.24) is 0 Å². The Morgan fingerprint density at radius 2 is 1.27 bits per heavy atom. The number of hydrogen-bond donors (Lipinski definition) is 0. The molecule has 0 radical (unpaired) electrons. The molecular weight excluding hydrogens is 557 g/mol. The van der Waals surface area contributed by atoms with E-state index in [1.165, 1.54) is 26.1 Å². The predicted molar refractivity (Wildman–Crippen MR) is 185 cm³/mol. The molecule has 0 saturated heterocycles. The van der Waals surface area contributed by atoms with Gasteiger partial charge in [-0.1, -0.05) is 76.2 Å². The van der Waals surface area contributed by atoms with E-state index in [0.29, 0.717) is 0 Å². The third-order valence-electron chi connectivity index (χ3n) is 9.75. The fraction of sp³-hybridized carbons (Fsp3) is 0.179. The summed E-state index contributed by atoms with van der Waals surface area (Å²) in [4.78, 5) is 2.31. The van der Waals surface area contributed by atoms with Gasteiger partial charge in [-0.3, -0.25) is 0 Å². The fourth-order valence-electron chi connectivity index (χ4n) is 8.09. The zero-order valence-electron chi connectivity index (χ0n) is 25.3. The quantitative estimate of drug-likeness (QED) is 0.192. The summed E-state index contributed by atoms with van der Waals surface area (Å²) in [6.07, 6.45) is 1.13. The number of ether oxygens (including phenoxy) is 2. The first kappa shape index (κ1) is 26.0. The maximum atomic E-state index is 6.82. The number of rotatable bonds is 3. The largest absolute Gasteiger partial charge is 0.458 e. The molecule has 0 spiro atoms. The van der Waals surface area contributed by atoms with E-state index in [4.69, 9.17) is 9.47 Å². The van der Waals surface area contributed by atoms with E-state index in [9.17, 15) is 0 Å². The zero-order chi connectivity index (χ0) is 29.8. The van der Waals surface area contributed by atoms with Crippen LogP contribution in [0.25, 0.3) is 10.1 Å². The van der Waals surface area contributed by atoms with Gasteiger partial charge in [0.25, 0.3) is 6.71 Å². The van der Waals surface area contributed by atoms with Gasteiger partial charge in [0.15, 0.2) is 0 Å². The number of benzene rings is 5. The van der Waals surface area contributed by atoms with Crippen molar-refractivity contribution in [2.75, 3.05) is 4.90 Å². The van der Waals surface area contributed by atoms with Crippen LogP contribution in [0.4, 0.5) is 17.1 Å². The second-order valence-electron chi connectivity index (χ2n) is 13.7. The molecule has 1 aliphatic carbocycles. The Balaban J connectivity index is 1.25. The van der Waals surface area contributed by atoms with E-state index in [1.54, 1.807) is 0 Å². The Morgan fingerprint density at radius 3 is 1.95 bits per heavy atom. The lowest BCUT2D eigenvalue weighted by molar-refractivity contribution is 0.402. The molecular formula is C39H32BNO2S. The van der Waals surface area contributed by atoms with Crippen molar-refractivity contribution in [1.29, 1.82) is 0 Å². The minimum Gasteiger partial charge on any atom is -0.458 e. The number of thiophene rings is 1. The van der Waals surface area contributed by atoms with Crippen molar-refractivity contribution < 1.29 is 9.47 Å². The molecule has 5 heteroatoms. The monoisotopic (exact) mass is 589 g/mol. The lowest BCUT2D eigenvalue weighted by atomic mass is 9.37. The summed E-state index contributed by atoms with van der Waals surface area (Å²) >= 11 is 1.85. The van der Waals surface area contributed by atoms with E-state index in [0.717, 1.165) is 57.3 Å². The van der Waals surface area contributed by atoms with Crippen LogP contribution >= 0.6 is 11.3 Å². The number of para-hydroxylation sites is 2. The van der Waals surface area contributed by atoms with Gasteiger partial charge in [-0.2, -0.15) is 0 Å². The van der Waals surface area contributed by atoms with Crippen LogP contribution in [0.15, 0.2) is 109 Å². The summed E-state index contributed by atoms with van der Waals surface area (Å²) in [7, 11) is 0. The van der Waals surface area contributed by atoms with Gasteiger partial charge >= 0.3 is 0 Å². The van der Waals surface area contributed by atoms with Crippen molar-refractivity contribution in [3.05, 3.63) is 120 Å². The standard InChI is InChI=1S/C39H32BNO2S/c1-38(2)23-39(3,4)29-22-33-30(21-28(29)38)40-35-31(42-33)16-11-17-32(35)43-36-27-20-26(18-19-34(27)44-37(36)40)41(24-12-7-5-8-13-24)25-14-9-6-10-15-25/h5-22H,23H2,1-4H3. The van der Waals surface area contributed by atoms with E-state index in [1.807, 2.05) is 17.4 Å². The van der Waals surface area contributed by atoms with Gasteiger partial charge in [0.05, 0.1) is 0 Å². The van der Waals surface area contributed by atoms with Gasteiger partial charge in [0, 0.05) is 37.4 Å². The van der Waals surface area contributed by atoms with Crippen molar-refractivity contribution in [2.45, 2.75) is 44.9 Å². The van der Waals surface area contributed by atoms with Crippen molar-refractivity contribution in [3.63, 3.8) is 0 Å². The summed E-state index contributed by atoms with van der Waals surface area (Å²) in [5.74, 6) is 3.74. The van der Waals surface area contributed by atoms with Gasteiger partial charge < -0.3 is 14.4 Å². The molecule has 44 heavy (non-hydrogen) atoms. The van der Waals surface area contributed by atoms with Crippen molar-refractivity contribution in [2.24, 2.45) is 0 Å². The molecule has 0 unspecified atom stereocenters. The van der Waals surface area contributed by atoms with E-state index in [2.05, 4.69) is 136 Å². The molecule has 5 aromatic carbocycles. The average molecular weight is 590 g/mol. The highest BCUT2D eigenvalue weighted by molar-refractivity contribution is 7.33. The Labute approximate surface area is 262 Å². The maximum Gasteiger partial charge on any atom is 0.273 e. The first-order chi connectivity index (χ1) is 21.3. The minimum absolute atomic E-state index is 0.0683. The highest BCUT2D eigenvalue weighted by Crippen LogP contribution is 2.51. The lowest BCUT2D eigenvalue weighted by Gasteiger charge is -2.32. The van der Waals surface area contributed by atoms with Crippen molar-refractivity contribution in [3.8, 4) is 23.0 Å². The van der Waals surface area contributed by atoms with Crippen LogP contribution in [-0.4, -0.2) is 6.71 Å². The van der Waals surface area contributed by atoms with Crippen LogP contribution in [0, 0.1) is 0 Å². The van der Waals surface area contributed by atoms with Gasteiger partial charge in [-0.05, 0) is 94.5 Å². The van der Waals surface area contributed by atoms with Gasteiger partial charge in [-0.15, -0.1) is 11.3 Å². The van der Waals surface area contributed by atoms with E-state index < -0.39 is 0 Å². The first-order valence-electron chi connectivity index (χ1n) is 15.4. The van der Waals surface area contributed by atoms with Crippen molar-refractivity contribution >= 4 is 60.9 Å². The molecule has 3 aliphatic rings. The Kier molecular flexibility index (Phi) is 5.33. The molecule has 0 saturated carbocycles. The molecule has 9 rings (SSSR count). The molecule has 1 aromatic heterocycles. The minimum atomic E-state index is 0.0683. The average Bonchev–Trinajstić information content (AvgIpc) is 3.47. The van der Waals surface area contributed by atoms with E-state index >= 15 is 0 Å². The summed E-state index contributed by atoms with van der Waals surface area (Å²) < 4.78 is 16.0. The summed E-state index contributed by atoms with van der Waals surface area (Å²) in [6, 6.07) is 39.0. The van der Waals surface area contributed by atoms with Crippen LogP contribution < -0.4 is 30.1 Å². The molecule has 0 atom stereocenters. The summed E-state index contributed by atoms with van der Waals surface area (Å²) in [5, 5.41) is 1.14. The maximum absolute atomic E-state index is 6.82. The van der Waals surface area contributed by atoms with Gasteiger partial charge in [0.2, 0.25) is 0 Å². The molecule has 0 amide bonds. The number of hydrogen-bond acceptors (Lipinski definition) is 4. The summed E-state index contributed by atoms with van der Waals surface area (Å²) in [5.41, 5.74) is 8.82. The van der Waals surface area contributed by atoms with Gasteiger partial charge in [-0.25, -0.2) is 0 Å². The molecule has 3 heterocycles. The predicted octanol–water partition coefficient (Wildman–Crippen LogP) is 9.06. The molecule has 6 aromatic rings. The Morgan fingerprint density at radius 1 is 0.636 bits per heavy atom. The fourth-order valence-corrected chi connectivity index (χ4v) is 9.33. The third-order valence-corrected chi connectivity index (χ3v) is 11.0. The van der Waals surface area contributed by atoms with E-state index in [-0.39, 0.29) is 17.5 Å².